The Kier molecular flexibility index (Phi) is 6.41. The molecule has 2 aromatic heterocycles. The standard InChI is InChI=1S/C23H30N4O2S/c1-13(2)11-27-22(29)21-18(24-23(27)30-7)10-17(6)26(21)12-19(28)25-20-15(4)8-14(3)9-16(20)5/h8-10,13H,11-12H2,1-7H3,(H,25,28). The molecule has 0 saturated carbocycles. The molecule has 0 fully saturated rings. The first-order valence-corrected chi connectivity index (χ1v) is 11.4. The second-order valence-corrected chi connectivity index (χ2v) is 9.11. The summed E-state index contributed by atoms with van der Waals surface area (Å²) >= 11 is 1.46. The zero-order valence-corrected chi connectivity index (χ0v) is 19.6. The Labute approximate surface area is 181 Å². The van der Waals surface area contributed by atoms with Gasteiger partial charge in [-0.05, 0) is 57.1 Å². The molecule has 2 heterocycles. The maximum Gasteiger partial charge on any atom is 0.278 e. The molecular weight excluding hydrogens is 396 g/mol. The summed E-state index contributed by atoms with van der Waals surface area (Å²) in [5.41, 5.74) is 5.92. The average Bonchev–Trinajstić information content (AvgIpc) is 2.95. The molecule has 1 N–H and O–H groups in total. The highest BCUT2D eigenvalue weighted by molar-refractivity contribution is 7.98. The van der Waals surface area contributed by atoms with Crippen LogP contribution in [0.15, 0.2) is 28.2 Å². The molecule has 0 atom stereocenters. The van der Waals surface area contributed by atoms with Crippen LogP contribution in [0.1, 0.15) is 36.2 Å². The Morgan fingerprint density at radius 2 is 1.73 bits per heavy atom. The van der Waals surface area contributed by atoms with E-state index < -0.39 is 0 Å². The van der Waals surface area contributed by atoms with E-state index in [1.165, 1.54) is 11.8 Å². The number of nitrogens with zero attached hydrogens (tertiary/aromatic N) is 3. The molecule has 160 valence electrons. The molecule has 0 aliphatic carbocycles. The highest BCUT2D eigenvalue weighted by Crippen LogP contribution is 2.23. The lowest BCUT2D eigenvalue weighted by atomic mass is 10.1. The van der Waals surface area contributed by atoms with Gasteiger partial charge in [-0.2, -0.15) is 0 Å². The molecule has 0 spiro atoms. The van der Waals surface area contributed by atoms with E-state index in [0.717, 1.165) is 28.1 Å². The van der Waals surface area contributed by atoms with Crippen LogP contribution < -0.4 is 10.9 Å². The van der Waals surface area contributed by atoms with Crippen LogP contribution in [-0.2, 0) is 17.9 Å². The van der Waals surface area contributed by atoms with Crippen molar-refractivity contribution in [2.45, 2.75) is 59.8 Å². The molecule has 0 radical (unpaired) electrons. The van der Waals surface area contributed by atoms with E-state index in [9.17, 15) is 9.59 Å². The first-order chi connectivity index (χ1) is 14.1. The summed E-state index contributed by atoms with van der Waals surface area (Å²) in [6.45, 7) is 12.7. The van der Waals surface area contributed by atoms with Crippen molar-refractivity contribution < 1.29 is 4.79 Å². The summed E-state index contributed by atoms with van der Waals surface area (Å²) in [5.74, 6) is 0.155. The van der Waals surface area contributed by atoms with E-state index in [1.54, 1.807) is 9.13 Å². The Morgan fingerprint density at radius 1 is 1.10 bits per heavy atom. The molecule has 0 aliphatic rings. The number of carbonyl (C=O) groups excluding carboxylic acids is 1. The van der Waals surface area contributed by atoms with E-state index in [0.29, 0.717) is 28.7 Å². The third-order valence-electron chi connectivity index (χ3n) is 5.15. The summed E-state index contributed by atoms with van der Waals surface area (Å²) in [7, 11) is 0. The Morgan fingerprint density at radius 3 is 2.30 bits per heavy atom. The van der Waals surface area contributed by atoms with E-state index in [1.807, 2.05) is 40.0 Å². The number of anilines is 1. The van der Waals surface area contributed by atoms with Crippen LogP contribution in [-0.4, -0.2) is 26.3 Å². The van der Waals surface area contributed by atoms with Gasteiger partial charge >= 0.3 is 0 Å². The fourth-order valence-corrected chi connectivity index (χ4v) is 4.50. The fourth-order valence-electron chi connectivity index (χ4n) is 3.93. The molecule has 0 bridgehead atoms. The first-order valence-electron chi connectivity index (χ1n) is 10.1. The predicted octanol–water partition coefficient (Wildman–Crippen LogP) is 4.45. The third kappa shape index (κ3) is 4.31. The van der Waals surface area contributed by atoms with Crippen LogP contribution in [0.2, 0.25) is 0 Å². The van der Waals surface area contributed by atoms with Crippen molar-refractivity contribution in [2.75, 3.05) is 11.6 Å². The number of amides is 1. The highest BCUT2D eigenvalue weighted by atomic mass is 32.2. The molecule has 1 amide bonds. The first kappa shape index (κ1) is 22.2. The van der Waals surface area contributed by atoms with Gasteiger partial charge in [0.25, 0.3) is 5.56 Å². The summed E-state index contributed by atoms with van der Waals surface area (Å²) in [6.07, 6.45) is 1.92. The van der Waals surface area contributed by atoms with Gasteiger partial charge in [-0.15, -0.1) is 0 Å². The van der Waals surface area contributed by atoms with E-state index >= 15 is 0 Å². The van der Waals surface area contributed by atoms with E-state index in [4.69, 9.17) is 4.98 Å². The van der Waals surface area contributed by atoms with Crippen molar-refractivity contribution >= 4 is 34.4 Å². The number of fused-ring (bicyclic) bond motifs is 1. The SMILES string of the molecule is CSc1nc2cc(C)n(CC(=O)Nc3c(C)cc(C)cc3C)c2c(=O)n1CC(C)C. The number of nitrogens with one attached hydrogen (secondary N) is 1. The minimum atomic E-state index is -0.158. The van der Waals surface area contributed by atoms with Gasteiger partial charge in [-0.3, -0.25) is 14.2 Å². The number of aromatic nitrogens is 3. The molecular formula is C23H30N4O2S. The lowest BCUT2D eigenvalue weighted by Gasteiger charge is -2.15. The van der Waals surface area contributed by atoms with Crippen molar-refractivity contribution in [3.05, 3.63) is 50.9 Å². The molecule has 30 heavy (non-hydrogen) atoms. The van der Waals surface area contributed by atoms with Crippen molar-refractivity contribution in [1.82, 2.24) is 14.1 Å². The lowest BCUT2D eigenvalue weighted by Crippen LogP contribution is -2.28. The van der Waals surface area contributed by atoms with Crippen molar-refractivity contribution in [3.8, 4) is 0 Å². The van der Waals surface area contributed by atoms with Gasteiger partial charge < -0.3 is 9.88 Å². The topological polar surface area (TPSA) is 68.9 Å². The van der Waals surface area contributed by atoms with Gasteiger partial charge in [0.15, 0.2) is 5.16 Å². The van der Waals surface area contributed by atoms with Crippen molar-refractivity contribution in [3.63, 3.8) is 0 Å². The third-order valence-corrected chi connectivity index (χ3v) is 5.83. The average molecular weight is 427 g/mol. The summed E-state index contributed by atoms with van der Waals surface area (Å²) in [6, 6.07) is 5.99. The minimum Gasteiger partial charge on any atom is -0.330 e. The Hall–Kier alpha value is -2.54. The molecule has 7 heteroatoms. The van der Waals surface area contributed by atoms with Gasteiger partial charge in [0.05, 0.1) is 5.52 Å². The summed E-state index contributed by atoms with van der Waals surface area (Å²) < 4.78 is 3.50. The molecule has 3 aromatic rings. The quantitative estimate of drug-likeness (QED) is 0.467. The summed E-state index contributed by atoms with van der Waals surface area (Å²) in [5, 5.41) is 3.73. The molecule has 0 saturated heterocycles. The molecule has 6 nitrogen and oxygen atoms in total. The van der Waals surface area contributed by atoms with Crippen molar-refractivity contribution in [2.24, 2.45) is 5.92 Å². The number of benzene rings is 1. The molecule has 0 aliphatic heterocycles. The van der Waals surface area contributed by atoms with Crippen molar-refractivity contribution in [1.29, 1.82) is 0 Å². The zero-order valence-electron chi connectivity index (χ0n) is 18.8. The molecule has 1 aromatic carbocycles. The van der Waals surface area contributed by atoms with Gasteiger partial charge in [0.2, 0.25) is 5.91 Å². The number of hydrogen-bond donors (Lipinski definition) is 1. The largest absolute Gasteiger partial charge is 0.330 e. The zero-order chi connectivity index (χ0) is 22.2. The van der Waals surface area contributed by atoms with Crippen LogP contribution >= 0.6 is 11.8 Å². The van der Waals surface area contributed by atoms with E-state index in [2.05, 4.69) is 31.3 Å². The number of carbonyl (C=O) groups is 1. The minimum absolute atomic E-state index is 0.0688. The summed E-state index contributed by atoms with van der Waals surface area (Å²) in [4.78, 5) is 30.9. The second-order valence-electron chi connectivity index (χ2n) is 8.34. The normalized spacial score (nSPS) is 11.5. The van der Waals surface area contributed by atoms with Gasteiger partial charge in [-0.25, -0.2) is 4.98 Å². The van der Waals surface area contributed by atoms with Gasteiger partial charge in [0.1, 0.15) is 12.1 Å². The van der Waals surface area contributed by atoms with Gasteiger partial charge in [0, 0.05) is 17.9 Å². The Balaban J connectivity index is 2.01. The maximum atomic E-state index is 13.3. The van der Waals surface area contributed by atoms with Crippen LogP contribution in [0, 0.1) is 33.6 Å². The fraction of sp³-hybridized carbons (Fsp3) is 0.435. The lowest BCUT2D eigenvalue weighted by molar-refractivity contribution is -0.116. The molecule has 3 rings (SSSR count). The molecule has 0 unspecified atom stereocenters. The number of rotatable bonds is 6. The number of thioether (sulfide) groups is 1. The maximum absolute atomic E-state index is 13.3. The van der Waals surface area contributed by atoms with Gasteiger partial charge in [-0.1, -0.05) is 43.3 Å². The second kappa shape index (κ2) is 8.68. The predicted molar refractivity (Wildman–Crippen MR) is 125 cm³/mol. The van der Waals surface area contributed by atoms with Crippen LogP contribution in [0.3, 0.4) is 0 Å². The Bertz CT molecular complexity index is 1150. The van der Waals surface area contributed by atoms with Crippen LogP contribution in [0.4, 0.5) is 5.69 Å². The number of hydrogen-bond acceptors (Lipinski definition) is 4. The van der Waals surface area contributed by atoms with E-state index in [-0.39, 0.29) is 18.0 Å². The highest BCUT2D eigenvalue weighted by Gasteiger charge is 2.19. The van der Waals surface area contributed by atoms with Crippen LogP contribution in [0.5, 0.6) is 0 Å². The van der Waals surface area contributed by atoms with Crippen LogP contribution in [0.25, 0.3) is 11.0 Å². The number of aryl methyl sites for hydroxylation is 4. The monoisotopic (exact) mass is 426 g/mol. The smallest absolute Gasteiger partial charge is 0.278 e.